The van der Waals surface area contributed by atoms with Gasteiger partial charge in [-0.3, -0.25) is 14.6 Å². The van der Waals surface area contributed by atoms with Gasteiger partial charge in [0.05, 0.1) is 29.5 Å². The zero-order chi connectivity index (χ0) is 26.1. The predicted molar refractivity (Wildman–Crippen MR) is 151 cm³/mol. The molecule has 0 aliphatic carbocycles. The maximum Gasteiger partial charge on any atom is 0.193 e. The Morgan fingerprint density at radius 3 is 2.16 bits per heavy atom. The quantitative estimate of drug-likeness (QED) is 0.232. The van der Waals surface area contributed by atoms with E-state index in [9.17, 15) is 0 Å². The Morgan fingerprint density at radius 1 is 0.789 bits per heavy atom. The van der Waals surface area contributed by atoms with Crippen molar-refractivity contribution in [1.82, 2.24) is 24.1 Å². The van der Waals surface area contributed by atoms with Gasteiger partial charge in [-0.15, -0.1) is 0 Å². The number of pyridine rings is 1. The average molecular weight is 518 g/mol. The SMILES string of the molecule is COc1ccccc1NN=c1c2nc3ccccc3nc1n(-c1ccccc1C)c(=S)n2-c1ccccn1. The first kappa shape index (κ1) is 23.5. The highest BCUT2D eigenvalue weighted by Gasteiger charge is 2.18. The Balaban J connectivity index is 1.83. The normalized spacial score (nSPS) is 11.7. The number of aromatic nitrogens is 5. The molecular weight excluding hydrogens is 494 g/mol. The molecule has 0 saturated carbocycles. The number of rotatable bonds is 5. The number of benzene rings is 3. The van der Waals surface area contributed by atoms with E-state index in [-0.39, 0.29) is 0 Å². The molecule has 0 unspecified atom stereocenters. The molecule has 0 radical (unpaired) electrons. The fourth-order valence-corrected chi connectivity index (χ4v) is 4.72. The van der Waals surface area contributed by atoms with E-state index in [4.69, 9.17) is 32.0 Å². The first-order valence-electron chi connectivity index (χ1n) is 12.0. The van der Waals surface area contributed by atoms with Gasteiger partial charge in [-0.1, -0.05) is 48.5 Å². The van der Waals surface area contributed by atoms with Gasteiger partial charge in [-0.05, 0) is 67.2 Å². The molecule has 3 aromatic heterocycles. The van der Waals surface area contributed by atoms with E-state index >= 15 is 0 Å². The summed E-state index contributed by atoms with van der Waals surface area (Å²) in [6.45, 7) is 2.04. The van der Waals surface area contributed by atoms with Crippen LogP contribution in [0.15, 0.2) is 102 Å². The molecule has 0 fully saturated rings. The van der Waals surface area contributed by atoms with Crippen LogP contribution in [0.2, 0.25) is 0 Å². The van der Waals surface area contributed by atoms with Crippen molar-refractivity contribution < 1.29 is 4.74 Å². The second kappa shape index (κ2) is 9.87. The van der Waals surface area contributed by atoms with Crippen LogP contribution < -0.4 is 15.5 Å². The number of para-hydroxylation sites is 5. The molecule has 186 valence electrons. The Labute approximate surface area is 223 Å². The van der Waals surface area contributed by atoms with Crippen molar-refractivity contribution in [2.24, 2.45) is 5.10 Å². The van der Waals surface area contributed by atoms with Crippen molar-refractivity contribution in [3.05, 3.63) is 113 Å². The van der Waals surface area contributed by atoms with E-state index in [1.807, 2.05) is 107 Å². The van der Waals surface area contributed by atoms with E-state index in [2.05, 4.69) is 10.4 Å². The van der Waals surface area contributed by atoms with Gasteiger partial charge in [0.15, 0.2) is 21.4 Å². The Hall–Kier alpha value is -4.89. The van der Waals surface area contributed by atoms with E-state index in [1.54, 1.807) is 13.3 Å². The van der Waals surface area contributed by atoms with Crippen molar-refractivity contribution in [2.75, 3.05) is 12.5 Å². The molecule has 1 N–H and O–H groups in total. The molecule has 8 nitrogen and oxygen atoms in total. The van der Waals surface area contributed by atoms with Crippen molar-refractivity contribution in [1.29, 1.82) is 0 Å². The third-order valence-corrected chi connectivity index (χ3v) is 6.56. The summed E-state index contributed by atoms with van der Waals surface area (Å²) in [6.07, 6.45) is 1.73. The number of hydrogen-bond donors (Lipinski definition) is 1. The second-order valence-electron chi connectivity index (χ2n) is 8.56. The van der Waals surface area contributed by atoms with Crippen LogP contribution in [0.3, 0.4) is 0 Å². The summed E-state index contributed by atoms with van der Waals surface area (Å²) in [5, 5.41) is 5.37. The van der Waals surface area contributed by atoms with Gasteiger partial charge < -0.3 is 4.74 Å². The van der Waals surface area contributed by atoms with Gasteiger partial charge in [0.25, 0.3) is 0 Å². The molecule has 0 aliphatic rings. The van der Waals surface area contributed by atoms with E-state index < -0.39 is 0 Å². The molecule has 38 heavy (non-hydrogen) atoms. The number of methoxy groups -OCH3 is 1. The largest absolute Gasteiger partial charge is 0.495 e. The second-order valence-corrected chi connectivity index (χ2v) is 8.92. The fraction of sp³-hybridized carbons (Fsp3) is 0.0690. The standard InChI is InChI=1S/C29H23N7OS/c1-19-11-3-7-15-23(19)35-27-26(34-33-22-14-6-8-16-24(22)37-2)28(32-21-13-5-4-12-20(21)31-27)36(29(35)38)25-17-9-10-18-30-25/h3-18,33H,1-2H3. The summed E-state index contributed by atoms with van der Waals surface area (Å²) >= 11 is 6.12. The smallest absolute Gasteiger partial charge is 0.193 e. The molecule has 3 aromatic carbocycles. The highest BCUT2D eigenvalue weighted by molar-refractivity contribution is 7.71. The number of aryl methyl sites for hydroxylation is 1. The van der Waals surface area contributed by atoms with Crippen LogP contribution in [-0.2, 0) is 0 Å². The van der Waals surface area contributed by atoms with Crippen LogP contribution in [-0.4, -0.2) is 31.2 Å². The summed E-state index contributed by atoms with van der Waals surface area (Å²) in [4.78, 5) is 14.7. The van der Waals surface area contributed by atoms with E-state index in [0.717, 1.165) is 11.3 Å². The van der Waals surface area contributed by atoms with Crippen molar-refractivity contribution in [3.8, 4) is 17.3 Å². The Bertz CT molecular complexity index is 1930. The molecule has 0 aliphatic heterocycles. The molecule has 0 atom stereocenters. The van der Waals surface area contributed by atoms with Crippen LogP contribution in [0.1, 0.15) is 5.56 Å². The molecule has 6 rings (SSSR count). The lowest BCUT2D eigenvalue weighted by Crippen LogP contribution is -2.23. The number of fused-ring (bicyclic) bond motifs is 3. The lowest BCUT2D eigenvalue weighted by Gasteiger charge is -2.16. The monoisotopic (exact) mass is 517 g/mol. The highest BCUT2D eigenvalue weighted by atomic mass is 32.1. The molecule has 0 spiro atoms. The molecule has 0 saturated heterocycles. The first-order valence-corrected chi connectivity index (χ1v) is 12.4. The van der Waals surface area contributed by atoms with E-state index in [1.165, 1.54) is 0 Å². The van der Waals surface area contributed by atoms with Crippen molar-refractivity contribution >= 4 is 40.2 Å². The van der Waals surface area contributed by atoms with Crippen LogP contribution in [0.25, 0.3) is 33.8 Å². The zero-order valence-corrected chi connectivity index (χ0v) is 21.6. The van der Waals surface area contributed by atoms with Crippen molar-refractivity contribution in [3.63, 3.8) is 0 Å². The van der Waals surface area contributed by atoms with Gasteiger partial charge in [0.2, 0.25) is 0 Å². The maximum absolute atomic E-state index is 6.12. The Morgan fingerprint density at radius 2 is 1.45 bits per heavy atom. The maximum atomic E-state index is 6.12. The fourth-order valence-electron chi connectivity index (χ4n) is 4.36. The minimum Gasteiger partial charge on any atom is -0.495 e. The summed E-state index contributed by atoms with van der Waals surface area (Å²) in [6, 6.07) is 29.0. The van der Waals surface area contributed by atoms with Crippen LogP contribution in [0.5, 0.6) is 5.75 Å². The molecule has 0 amide bonds. The van der Waals surface area contributed by atoms with Crippen LogP contribution >= 0.6 is 12.2 Å². The van der Waals surface area contributed by atoms with E-state index in [0.29, 0.717) is 49.7 Å². The lowest BCUT2D eigenvalue weighted by atomic mass is 10.2. The summed E-state index contributed by atoms with van der Waals surface area (Å²) in [5.74, 6) is 1.29. The van der Waals surface area contributed by atoms with Crippen LogP contribution in [0, 0.1) is 11.7 Å². The molecule has 2 bridgehead atoms. The average Bonchev–Trinajstić information content (AvgIpc) is 3.07. The summed E-state index contributed by atoms with van der Waals surface area (Å²) < 4.78 is 9.77. The highest BCUT2D eigenvalue weighted by Crippen LogP contribution is 2.24. The topological polar surface area (TPSA) is 82.1 Å². The third-order valence-electron chi connectivity index (χ3n) is 6.19. The summed E-state index contributed by atoms with van der Waals surface area (Å²) in [5.41, 5.74) is 8.30. The third kappa shape index (κ3) is 4.08. The van der Waals surface area contributed by atoms with Gasteiger partial charge >= 0.3 is 0 Å². The molecule has 6 aromatic rings. The molecular formula is C29H23N7OS. The predicted octanol–water partition coefficient (Wildman–Crippen LogP) is 5.73. The van der Waals surface area contributed by atoms with Gasteiger partial charge in [0, 0.05) is 6.20 Å². The molecule has 9 heteroatoms. The van der Waals surface area contributed by atoms with Crippen molar-refractivity contribution in [2.45, 2.75) is 6.92 Å². The number of anilines is 1. The first-order chi connectivity index (χ1) is 18.7. The number of nitrogens with one attached hydrogen (secondary N) is 1. The minimum absolute atomic E-state index is 0.472. The number of hydrogen-bond acceptors (Lipinski definition) is 7. The Kier molecular flexibility index (Phi) is 6.11. The van der Waals surface area contributed by atoms with Gasteiger partial charge in [-0.2, -0.15) is 5.10 Å². The summed E-state index contributed by atoms with van der Waals surface area (Å²) in [7, 11) is 1.63. The molecule has 3 heterocycles. The number of ether oxygens (including phenoxy) is 1. The van der Waals surface area contributed by atoms with Gasteiger partial charge in [-0.25, -0.2) is 15.0 Å². The lowest BCUT2D eigenvalue weighted by molar-refractivity contribution is 0.416. The van der Waals surface area contributed by atoms with Crippen LogP contribution in [0.4, 0.5) is 5.69 Å². The van der Waals surface area contributed by atoms with Gasteiger partial charge in [0.1, 0.15) is 11.6 Å². The minimum atomic E-state index is 0.472. The zero-order valence-electron chi connectivity index (χ0n) is 20.7. The number of nitrogens with zero attached hydrogens (tertiary/aromatic N) is 6.